The van der Waals surface area contributed by atoms with Crippen LogP contribution in [0.15, 0.2) is 121 Å². The van der Waals surface area contributed by atoms with Crippen molar-refractivity contribution in [3.63, 3.8) is 0 Å². The molecule has 0 saturated heterocycles. The second-order valence-corrected chi connectivity index (χ2v) is 10.1. The first kappa shape index (κ1) is 27.5. The van der Waals surface area contributed by atoms with Gasteiger partial charge in [-0.2, -0.15) is 0 Å². The van der Waals surface area contributed by atoms with Crippen LogP contribution in [0.4, 0.5) is 0 Å². The minimum Gasteiger partial charge on any atom is -0.398 e. The van der Waals surface area contributed by atoms with Crippen molar-refractivity contribution < 1.29 is 19.0 Å². The molecule has 0 radical (unpaired) electrons. The van der Waals surface area contributed by atoms with Gasteiger partial charge in [0.2, 0.25) is 0 Å². The summed E-state index contributed by atoms with van der Waals surface area (Å²) in [6.07, 6.45) is -1.61. The van der Waals surface area contributed by atoms with E-state index in [0.717, 1.165) is 27.8 Å². The zero-order valence-corrected chi connectivity index (χ0v) is 22.7. The Morgan fingerprint density at radius 3 is 1.68 bits per heavy atom. The van der Waals surface area contributed by atoms with E-state index in [2.05, 4.69) is 0 Å². The van der Waals surface area contributed by atoms with Crippen LogP contribution in [0.25, 0.3) is 5.70 Å². The molecule has 5 rings (SSSR count). The SMILES string of the molecule is Cc1ccc(/C(N)=C2\C[C@H](OCc3ccccc3)[C@@H](OCc3ccccc3)[C@H](OCc3ccccc3)C2=O)cc1. The fourth-order valence-corrected chi connectivity index (χ4v) is 4.91. The van der Waals surface area contributed by atoms with E-state index in [-0.39, 0.29) is 12.4 Å². The first-order valence-electron chi connectivity index (χ1n) is 13.6. The highest BCUT2D eigenvalue weighted by molar-refractivity contribution is 6.06. The van der Waals surface area contributed by atoms with E-state index in [1.165, 1.54) is 0 Å². The first-order chi connectivity index (χ1) is 19.6. The van der Waals surface area contributed by atoms with Crippen LogP contribution in [0.2, 0.25) is 0 Å². The third kappa shape index (κ3) is 6.93. The maximum absolute atomic E-state index is 14.1. The van der Waals surface area contributed by atoms with E-state index in [1.807, 2.05) is 122 Å². The van der Waals surface area contributed by atoms with Gasteiger partial charge in [-0.3, -0.25) is 4.79 Å². The number of hydrogen-bond acceptors (Lipinski definition) is 5. The van der Waals surface area contributed by atoms with E-state index in [0.29, 0.717) is 30.9 Å². The molecule has 0 amide bonds. The number of carbonyl (C=O) groups excluding carboxylic acids is 1. The lowest BCUT2D eigenvalue weighted by Gasteiger charge is -2.38. The highest BCUT2D eigenvalue weighted by atomic mass is 16.6. The average Bonchev–Trinajstić information content (AvgIpc) is 3.00. The van der Waals surface area contributed by atoms with Crippen molar-refractivity contribution in [3.05, 3.63) is 149 Å². The molecule has 3 atom stereocenters. The smallest absolute Gasteiger partial charge is 0.192 e. The molecule has 0 bridgehead atoms. The van der Waals surface area contributed by atoms with Crippen LogP contribution in [0.3, 0.4) is 0 Å². The van der Waals surface area contributed by atoms with Gasteiger partial charge >= 0.3 is 0 Å². The molecular weight excluding hydrogens is 498 g/mol. The van der Waals surface area contributed by atoms with Gasteiger partial charge in [-0.25, -0.2) is 0 Å². The minimum atomic E-state index is -0.877. The standard InChI is InChI=1S/C35H35NO4/c1-25-17-19-29(20-18-25)32(36)30-21-31(38-22-26-11-5-2-6-12-26)34(39-23-27-13-7-3-8-14-27)35(33(30)37)40-24-28-15-9-4-10-16-28/h2-20,31,34-35H,21-24,36H2,1H3/b32-30-/t31-,34+,35+/m0/s1. The molecule has 4 aromatic carbocycles. The predicted molar refractivity (Wildman–Crippen MR) is 157 cm³/mol. The van der Waals surface area contributed by atoms with Gasteiger partial charge in [-0.1, -0.05) is 121 Å². The molecule has 4 aromatic rings. The Balaban J connectivity index is 1.48. The molecule has 0 aromatic heterocycles. The predicted octanol–water partition coefficient (Wildman–Crippen LogP) is 6.39. The van der Waals surface area contributed by atoms with Crippen molar-refractivity contribution in [1.82, 2.24) is 0 Å². The van der Waals surface area contributed by atoms with Crippen LogP contribution in [0.5, 0.6) is 0 Å². The fraction of sp³-hybridized carbons (Fsp3) is 0.229. The summed E-state index contributed by atoms with van der Waals surface area (Å²) < 4.78 is 19.3. The largest absolute Gasteiger partial charge is 0.398 e. The molecule has 1 aliphatic rings. The summed E-state index contributed by atoms with van der Waals surface area (Å²) >= 11 is 0. The van der Waals surface area contributed by atoms with Crippen molar-refractivity contribution >= 4 is 11.5 Å². The van der Waals surface area contributed by atoms with E-state index in [9.17, 15) is 4.79 Å². The van der Waals surface area contributed by atoms with Crippen LogP contribution in [-0.4, -0.2) is 24.1 Å². The van der Waals surface area contributed by atoms with Crippen molar-refractivity contribution in [3.8, 4) is 0 Å². The Labute approximate surface area is 236 Å². The second kappa shape index (κ2) is 13.4. The Bertz CT molecular complexity index is 1400. The lowest BCUT2D eigenvalue weighted by Crippen LogP contribution is -2.52. The second-order valence-electron chi connectivity index (χ2n) is 10.1. The van der Waals surface area contributed by atoms with Gasteiger partial charge in [0.1, 0.15) is 12.2 Å². The van der Waals surface area contributed by atoms with Gasteiger partial charge in [-0.15, -0.1) is 0 Å². The number of aryl methyl sites for hydroxylation is 1. The topological polar surface area (TPSA) is 70.8 Å². The molecule has 1 fully saturated rings. The van der Waals surface area contributed by atoms with Gasteiger partial charge in [0.05, 0.1) is 25.9 Å². The number of benzene rings is 4. The number of ketones is 1. The summed E-state index contributed by atoms with van der Waals surface area (Å²) in [4.78, 5) is 14.1. The van der Waals surface area contributed by atoms with Gasteiger partial charge in [0.15, 0.2) is 5.78 Å². The molecule has 0 unspecified atom stereocenters. The zero-order valence-electron chi connectivity index (χ0n) is 22.7. The van der Waals surface area contributed by atoms with Crippen LogP contribution in [-0.2, 0) is 38.8 Å². The molecule has 40 heavy (non-hydrogen) atoms. The van der Waals surface area contributed by atoms with Crippen molar-refractivity contribution in [1.29, 1.82) is 0 Å². The fourth-order valence-electron chi connectivity index (χ4n) is 4.91. The number of rotatable bonds is 10. The molecule has 2 N–H and O–H groups in total. The lowest BCUT2D eigenvalue weighted by molar-refractivity contribution is -0.172. The molecular formula is C35H35NO4. The van der Waals surface area contributed by atoms with Gasteiger partial charge in [0, 0.05) is 17.7 Å². The summed E-state index contributed by atoms with van der Waals surface area (Å²) in [5, 5.41) is 0. The van der Waals surface area contributed by atoms with Crippen LogP contribution in [0.1, 0.15) is 34.2 Å². The van der Waals surface area contributed by atoms with Gasteiger partial charge in [-0.05, 0) is 29.2 Å². The Hall–Kier alpha value is -4.03. The third-order valence-corrected chi connectivity index (χ3v) is 7.18. The molecule has 1 saturated carbocycles. The summed E-state index contributed by atoms with van der Waals surface area (Å²) in [5.74, 6) is -0.161. The maximum atomic E-state index is 14.1. The zero-order chi connectivity index (χ0) is 27.7. The molecule has 5 nitrogen and oxygen atoms in total. The van der Waals surface area contributed by atoms with E-state index < -0.39 is 18.3 Å². The number of Topliss-reactive ketones (excluding diaryl/α,β-unsaturated/α-hetero) is 1. The van der Waals surface area contributed by atoms with Gasteiger partial charge < -0.3 is 19.9 Å². The van der Waals surface area contributed by atoms with Crippen molar-refractivity contribution in [2.75, 3.05) is 0 Å². The molecule has 1 aliphatic carbocycles. The molecule has 0 heterocycles. The monoisotopic (exact) mass is 533 g/mol. The number of ether oxygens (including phenoxy) is 3. The maximum Gasteiger partial charge on any atom is 0.192 e. The van der Waals surface area contributed by atoms with E-state index in [4.69, 9.17) is 19.9 Å². The molecule has 0 spiro atoms. The first-order valence-corrected chi connectivity index (χ1v) is 13.6. The highest BCUT2D eigenvalue weighted by Gasteiger charge is 2.45. The summed E-state index contributed by atoms with van der Waals surface area (Å²) in [6.45, 7) is 3.01. The molecule has 5 heteroatoms. The Kier molecular flexibility index (Phi) is 9.19. The van der Waals surface area contributed by atoms with Crippen LogP contribution < -0.4 is 5.73 Å². The van der Waals surface area contributed by atoms with Gasteiger partial charge in [0.25, 0.3) is 0 Å². The Morgan fingerprint density at radius 2 is 1.15 bits per heavy atom. The number of nitrogens with two attached hydrogens (primary N) is 1. The van der Waals surface area contributed by atoms with E-state index >= 15 is 0 Å². The number of carbonyl (C=O) groups is 1. The average molecular weight is 534 g/mol. The number of hydrogen-bond donors (Lipinski definition) is 1. The summed E-state index contributed by atoms with van der Waals surface area (Å²) in [5.41, 5.74) is 12.6. The Morgan fingerprint density at radius 1 is 0.675 bits per heavy atom. The normalized spacial score (nSPS) is 20.3. The highest BCUT2D eigenvalue weighted by Crippen LogP contribution is 2.33. The van der Waals surface area contributed by atoms with Crippen molar-refractivity contribution in [2.45, 2.75) is 51.5 Å². The molecule has 0 aliphatic heterocycles. The quantitative estimate of drug-likeness (QED) is 0.239. The summed E-state index contributed by atoms with van der Waals surface area (Å²) in [6, 6.07) is 37.6. The van der Waals surface area contributed by atoms with E-state index in [1.54, 1.807) is 0 Å². The van der Waals surface area contributed by atoms with Crippen LogP contribution >= 0.6 is 0 Å². The van der Waals surface area contributed by atoms with Crippen molar-refractivity contribution in [2.24, 2.45) is 5.73 Å². The summed E-state index contributed by atoms with van der Waals surface area (Å²) in [7, 11) is 0. The minimum absolute atomic E-state index is 0.161. The lowest BCUT2D eigenvalue weighted by atomic mass is 9.83. The molecule has 204 valence electrons. The third-order valence-electron chi connectivity index (χ3n) is 7.18. The van der Waals surface area contributed by atoms with Crippen LogP contribution in [0, 0.1) is 6.92 Å².